The van der Waals surface area contributed by atoms with E-state index < -0.39 is 0 Å². The summed E-state index contributed by atoms with van der Waals surface area (Å²) in [4.78, 5) is 25.4. The third-order valence-electron chi connectivity index (χ3n) is 3.38. The number of ketones is 1. The number of amides is 1. The molecular weight excluding hydrogens is 226 g/mol. The van der Waals surface area contributed by atoms with Crippen LogP contribution in [0.1, 0.15) is 49.0 Å². The molecule has 1 amide bonds. The lowest BCUT2D eigenvalue weighted by Crippen LogP contribution is -2.35. The van der Waals surface area contributed by atoms with E-state index in [0.29, 0.717) is 12.0 Å². The van der Waals surface area contributed by atoms with Crippen LogP contribution in [0.15, 0.2) is 18.2 Å². The SMILES string of the molecule is CCCC(=O)N1CCCc2ccc(C(C)=O)cc21. The van der Waals surface area contributed by atoms with Crippen molar-refractivity contribution < 1.29 is 9.59 Å². The molecule has 0 aromatic heterocycles. The minimum atomic E-state index is 0.0475. The monoisotopic (exact) mass is 245 g/mol. The zero-order valence-corrected chi connectivity index (χ0v) is 11.0. The fraction of sp³-hybridized carbons (Fsp3) is 0.467. The van der Waals surface area contributed by atoms with Gasteiger partial charge >= 0.3 is 0 Å². The largest absolute Gasteiger partial charge is 0.312 e. The number of rotatable bonds is 3. The molecule has 1 aliphatic rings. The standard InChI is InChI=1S/C15H19NO2/c1-3-5-15(18)16-9-4-6-12-7-8-13(11(2)17)10-14(12)16/h7-8,10H,3-6,9H2,1-2H3. The van der Waals surface area contributed by atoms with E-state index in [1.807, 2.05) is 30.0 Å². The second-order valence-electron chi connectivity index (χ2n) is 4.80. The Labute approximate surface area is 108 Å². The van der Waals surface area contributed by atoms with Crippen molar-refractivity contribution in [2.24, 2.45) is 0 Å². The Bertz CT molecular complexity index is 479. The van der Waals surface area contributed by atoms with Gasteiger partial charge in [0, 0.05) is 24.2 Å². The Morgan fingerprint density at radius 2 is 2.11 bits per heavy atom. The maximum atomic E-state index is 12.1. The minimum Gasteiger partial charge on any atom is -0.312 e. The van der Waals surface area contributed by atoms with Gasteiger partial charge in [0.05, 0.1) is 0 Å². The number of carbonyl (C=O) groups excluding carboxylic acids is 2. The molecule has 0 bridgehead atoms. The Balaban J connectivity index is 2.37. The molecule has 0 unspecified atom stereocenters. The summed E-state index contributed by atoms with van der Waals surface area (Å²) in [7, 11) is 0. The first kappa shape index (κ1) is 12.8. The predicted octanol–water partition coefficient (Wildman–Crippen LogP) is 2.97. The van der Waals surface area contributed by atoms with Crippen LogP contribution < -0.4 is 4.90 Å². The van der Waals surface area contributed by atoms with Crippen LogP contribution in [-0.2, 0) is 11.2 Å². The molecule has 0 fully saturated rings. The lowest BCUT2D eigenvalue weighted by atomic mass is 9.98. The van der Waals surface area contributed by atoms with E-state index in [2.05, 4.69) is 0 Å². The summed E-state index contributed by atoms with van der Waals surface area (Å²) < 4.78 is 0. The fourth-order valence-electron chi connectivity index (χ4n) is 2.40. The Kier molecular flexibility index (Phi) is 3.80. The third-order valence-corrected chi connectivity index (χ3v) is 3.38. The van der Waals surface area contributed by atoms with E-state index in [1.165, 1.54) is 5.56 Å². The Morgan fingerprint density at radius 1 is 1.33 bits per heavy atom. The van der Waals surface area contributed by atoms with Crippen LogP contribution in [-0.4, -0.2) is 18.2 Å². The molecule has 3 heteroatoms. The third kappa shape index (κ3) is 2.45. The van der Waals surface area contributed by atoms with Gasteiger partial charge in [0.1, 0.15) is 0 Å². The highest BCUT2D eigenvalue weighted by atomic mass is 16.2. The van der Waals surface area contributed by atoms with Gasteiger partial charge in [-0.25, -0.2) is 0 Å². The van der Waals surface area contributed by atoms with Gasteiger partial charge < -0.3 is 4.90 Å². The Hall–Kier alpha value is -1.64. The second-order valence-corrected chi connectivity index (χ2v) is 4.80. The van der Waals surface area contributed by atoms with Crippen molar-refractivity contribution in [3.8, 4) is 0 Å². The summed E-state index contributed by atoms with van der Waals surface area (Å²) in [6, 6.07) is 5.71. The van der Waals surface area contributed by atoms with E-state index in [1.54, 1.807) is 6.92 Å². The van der Waals surface area contributed by atoms with Crippen LogP contribution in [0, 0.1) is 0 Å². The van der Waals surface area contributed by atoms with Crippen molar-refractivity contribution in [2.75, 3.05) is 11.4 Å². The highest BCUT2D eigenvalue weighted by Gasteiger charge is 2.22. The predicted molar refractivity (Wildman–Crippen MR) is 72.0 cm³/mol. The maximum absolute atomic E-state index is 12.1. The van der Waals surface area contributed by atoms with E-state index >= 15 is 0 Å². The van der Waals surface area contributed by atoms with E-state index in [0.717, 1.165) is 31.5 Å². The summed E-state index contributed by atoms with van der Waals surface area (Å²) in [5.74, 6) is 0.213. The lowest BCUT2D eigenvalue weighted by molar-refractivity contribution is -0.118. The van der Waals surface area contributed by atoms with E-state index in [4.69, 9.17) is 0 Å². The molecule has 18 heavy (non-hydrogen) atoms. The van der Waals surface area contributed by atoms with Crippen LogP contribution in [0.4, 0.5) is 5.69 Å². The van der Waals surface area contributed by atoms with E-state index in [-0.39, 0.29) is 11.7 Å². The van der Waals surface area contributed by atoms with Gasteiger partial charge in [-0.1, -0.05) is 19.1 Å². The second kappa shape index (κ2) is 5.34. The highest BCUT2D eigenvalue weighted by molar-refractivity contribution is 5.99. The average molecular weight is 245 g/mol. The molecule has 1 heterocycles. The van der Waals surface area contributed by atoms with Crippen LogP contribution >= 0.6 is 0 Å². The van der Waals surface area contributed by atoms with Crippen LogP contribution in [0.2, 0.25) is 0 Å². The molecule has 0 N–H and O–H groups in total. The first-order valence-electron chi connectivity index (χ1n) is 6.57. The number of nitrogens with zero attached hydrogens (tertiary/aromatic N) is 1. The molecule has 1 aliphatic heterocycles. The number of carbonyl (C=O) groups is 2. The fourth-order valence-corrected chi connectivity index (χ4v) is 2.40. The number of benzene rings is 1. The normalized spacial score (nSPS) is 14.2. The summed E-state index contributed by atoms with van der Waals surface area (Å²) in [6.45, 7) is 4.34. The topological polar surface area (TPSA) is 37.4 Å². The quantitative estimate of drug-likeness (QED) is 0.768. The molecule has 0 radical (unpaired) electrons. The van der Waals surface area contributed by atoms with Crippen molar-refractivity contribution in [2.45, 2.75) is 39.5 Å². The van der Waals surface area contributed by atoms with Crippen LogP contribution in [0.5, 0.6) is 0 Å². The molecule has 0 saturated carbocycles. The molecule has 0 spiro atoms. The van der Waals surface area contributed by atoms with Gasteiger partial charge in [-0.15, -0.1) is 0 Å². The summed E-state index contributed by atoms with van der Waals surface area (Å²) in [5, 5.41) is 0. The number of hydrogen-bond acceptors (Lipinski definition) is 2. The van der Waals surface area contributed by atoms with Gasteiger partial charge in [-0.3, -0.25) is 9.59 Å². The smallest absolute Gasteiger partial charge is 0.226 e. The average Bonchev–Trinajstić information content (AvgIpc) is 2.37. The number of aryl methyl sites for hydroxylation is 1. The van der Waals surface area contributed by atoms with Crippen molar-refractivity contribution in [3.05, 3.63) is 29.3 Å². The maximum Gasteiger partial charge on any atom is 0.226 e. The number of hydrogen-bond donors (Lipinski definition) is 0. The van der Waals surface area contributed by atoms with Gasteiger partial charge in [0.25, 0.3) is 0 Å². The minimum absolute atomic E-state index is 0.0475. The molecule has 1 aromatic carbocycles. The summed E-state index contributed by atoms with van der Waals surface area (Å²) in [5.41, 5.74) is 2.80. The van der Waals surface area contributed by atoms with Crippen molar-refractivity contribution in [3.63, 3.8) is 0 Å². The molecule has 96 valence electrons. The van der Waals surface area contributed by atoms with E-state index in [9.17, 15) is 9.59 Å². The zero-order valence-electron chi connectivity index (χ0n) is 11.0. The molecule has 3 nitrogen and oxygen atoms in total. The van der Waals surface area contributed by atoms with Crippen molar-refractivity contribution in [1.82, 2.24) is 0 Å². The molecular formula is C15H19NO2. The number of fused-ring (bicyclic) bond motifs is 1. The number of Topliss-reactive ketones (excluding diaryl/α,β-unsaturated/α-hetero) is 1. The molecule has 0 saturated heterocycles. The molecule has 2 rings (SSSR count). The lowest BCUT2D eigenvalue weighted by Gasteiger charge is -2.30. The molecule has 0 atom stereocenters. The van der Waals surface area contributed by atoms with Gasteiger partial charge in [0.2, 0.25) is 5.91 Å². The molecule has 0 aliphatic carbocycles. The van der Waals surface area contributed by atoms with Crippen molar-refractivity contribution in [1.29, 1.82) is 0 Å². The highest BCUT2D eigenvalue weighted by Crippen LogP contribution is 2.29. The summed E-state index contributed by atoms with van der Waals surface area (Å²) in [6.07, 6.45) is 3.42. The first-order chi connectivity index (χ1) is 8.63. The van der Waals surface area contributed by atoms with Crippen LogP contribution in [0.25, 0.3) is 0 Å². The van der Waals surface area contributed by atoms with Crippen LogP contribution in [0.3, 0.4) is 0 Å². The summed E-state index contributed by atoms with van der Waals surface area (Å²) >= 11 is 0. The molecule has 1 aromatic rings. The van der Waals surface area contributed by atoms with Gasteiger partial charge in [0.15, 0.2) is 5.78 Å². The zero-order chi connectivity index (χ0) is 13.1. The first-order valence-corrected chi connectivity index (χ1v) is 6.57. The van der Waals surface area contributed by atoms with Gasteiger partial charge in [-0.2, -0.15) is 0 Å². The van der Waals surface area contributed by atoms with Gasteiger partial charge in [-0.05, 0) is 37.8 Å². The Morgan fingerprint density at radius 3 is 2.78 bits per heavy atom. The van der Waals surface area contributed by atoms with Crippen molar-refractivity contribution >= 4 is 17.4 Å². The number of anilines is 1.